The van der Waals surface area contributed by atoms with E-state index in [0.717, 1.165) is 16.7 Å². The first-order valence-electron chi connectivity index (χ1n) is 5.97. The van der Waals surface area contributed by atoms with E-state index >= 15 is 0 Å². The van der Waals surface area contributed by atoms with E-state index in [9.17, 15) is 13.2 Å². The number of para-hydroxylation sites is 2. The number of carbonyl (C=O) groups excluding carboxylic acids is 1. The minimum Gasteiger partial charge on any atom is -0.368 e. The van der Waals surface area contributed by atoms with Crippen LogP contribution in [0.1, 0.15) is 0 Å². The topological polar surface area (TPSA) is 118 Å². The van der Waals surface area contributed by atoms with Crippen LogP contribution < -0.4 is 15.4 Å². The summed E-state index contributed by atoms with van der Waals surface area (Å²) in [6.45, 7) is -0.302. The molecule has 1 amide bonds. The molecule has 0 bridgehead atoms. The molecule has 3 N–H and O–H groups in total. The number of hydrogen-bond donors (Lipinski definition) is 2. The number of aromatic nitrogens is 2. The molecule has 3 rings (SSSR count). The molecule has 21 heavy (non-hydrogen) atoms. The Hall–Kier alpha value is -2.68. The Morgan fingerprint density at radius 1 is 1.19 bits per heavy atom. The average molecular weight is 305 g/mol. The number of nitrogens with one attached hydrogen (secondary N) is 1. The van der Waals surface area contributed by atoms with Crippen LogP contribution in [-0.2, 0) is 14.8 Å². The van der Waals surface area contributed by atoms with E-state index in [1.807, 2.05) is 0 Å². The van der Waals surface area contributed by atoms with Crippen molar-refractivity contribution in [3.63, 3.8) is 0 Å². The van der Waals surface area contributed by atoms with Gasteiger partial charge in [-0.1, -0.05) is 12.1 Å². The van der Waals surface area contributed by atoms with E-state index in [1.165, 1.54) is 0 Å². The predicted octanol–water partition coefficient (Wildman–Crippen LogP) is 0.206. The average Bonchev–Trinajstić information content (AvgIpc) is 2.46. The predicted molar refractivity (Wildman–Crippen MR) is 76.0 cm³/mol. The van der Waals surface area contributed by atoms with Crippen molar-refractivity contribution in [2.24, 2.45) is 0 Å². The van der Waals surface area contributed by atoms with Gasteiger partial charge < -0.3 is 11.1 Å². The molecule has 108 valence electrons. The summed E-state index contributed by atoms with van der Waals surface area (Å²) in [5, 5.41) is 2.63. The number of benzene rings is 1. The molecule has 0 saturated heterocycles. The van der Waals surface area contributed by atoms with E-state index in [2.05, 4.69) is 15.3 Å². The maximum absolute atomic E-state index is 12.6. The van der Waals surface area contributed by atoms with Crippen molar-refractivity contribution in [3.8, 4) is 0 Å². The molecule has 0 aliphatic carbocycles. The van der Waals surface area contributed by atoms with E-state index in [1.54, 1.807) is 24.3 Å². The number of nitrogens with zero attached hydrogens (tertiary/aromatic N) is 3. The summed E-state index contributed by atoms with van der Waals surface area (Å²) in [6, 6.07) is 6.65. The summed E-state index contributed by atoms with van der Waals surface area (Å²) in [4.78, 5) is 18.9. The normalized spacial score (nSPS) is 14.5. The lowest BCUT2D eigenvalue weighted by atomic mass is 10.2. The Kier molecular flexibility index (Phi) is 2.98. The fraction of sp³-hybridized carbons (Fsp3) is 0.0833. The van der Waals surface area contributed by atoms with E-state index in [4.69, 9.17) is 5.73 Å². The number of fused-ring (bicyclic) bond motifs is 1. The van der Waals surface area contributed by atoms with Gasteiger partial charge in [0.25, 0.3) is 10.0 Å². The number of amides is 1. The highest BCUT2D eigenvalue weighted by Gasteiger charge is 2.32. The summed E-state index contributed by atoms with van der Waals surface area (Å²) in [5.41, 5.74) is 6.19. The van der Waals surface area contributed by atoms with Crippen molar-refractivity contribution in [3.05, 3.63) is 36.7 Å². The Morgan fingerprint density at radius 3 is 2.57 bits per heavy atom. The number of rotatable bonds is 2. The zero-order valence-corrected chi connectivity index (χ0v) is 11.5. The molecule has 0 fully saturated rings. The molecule has 0 saturated carbocycles. The van der Waals surface area contributed by atoms with Gasteiger partial charge in [-0.2, -0.15) is 0 Å². The molecular weight excluding hydrogens is 294 g/mol. The molecule has 1 aliphatic rings. The second kappa shape index (κ2) is 4.70. The quantitative estimate of drug-likeness (QED) is 0.818. The molecular formula is C12H11N5O3S. The third kappa shape index (κ3) is 2.27. The van der Waals surface area contributed by atoms with Crippen molar-refractivity contribution in [1.82, 2.24) is 9.97 Å². The second-order valence-electron chi connectivity index (χ2n) is 4.35. The molecule has 2 aromatic rings. The first-order valence-corrected chi connectivity index (χ1v) is 7.41. The Bertz CT molecular complexity index is 804. The van der Waals surface area contributed by atoms with Crippen LogP contribution in [0.5, 0.6) is 0 Å². The zero-order chi connectivity index (χ0) is 15.0. The Balaban J connectivity index is 2.11. The lowest BCUT2D eigenvalue weighted by Gasteiger charge is -2.29. The zero-order valence-electron chi connectivity index (χ0n) is 10.7. The van der Waals surface area contributed by atoms with Gasteiger partial charge in [0.05, 0.1) is 23.8 Å². The smallest absolute Gasteiger partial charge is 0.267 e. The van der Waals surface area contributed by atoms with Gasteiger partial charge in [0.1, 0.15) is 11.4 Å². The fourth-order valence-corrected chi connectivity index (χ4v) is 3.33. The highest BCUT2D eigenvalue weighted by molar-refractivity contribution is 7.92. The summed E-state index contributed by atoms with van der Waals surface area (Å²) in [6.07, 6.45) is 2.24. The van der Waals surface area contributed by atoms with Crippen LogP contribution in [-0.4, -0.2) is 30.8 Å². The van der Waals surface area contributed by atoms with Crippen molar-refractivity contribution in [1.29, 1.82) is 0 Å². The second-order valence-corrected chi connectivity index (χ2v) is 6.22. The van der Waals surface area contributed by atoms with Crippen molar-refractivity contribution in [2.75, 3.05) is 21.9 Å². The molecule has 1 aromatic carbocycles. The SMILES string of the molecule is Nc1ncc(S(=O)(=O)N2CC(=O)Nc3ccccc32)cn1. The highest BCUT2D eigenvalue weighted by atomic mass is 32.2. The van der Waals surface area contributed by atoms with Gasteiger partial charge in [-0.05, 0) is 12.1 Å². The van der Waals surface area contributed by atoms with Gasteiger partial charge in [-0.15, -0.1) is 0 Å². The van der Waals surface area contributed by atoms with Crippen LogP contribution in [0.2, 0.25) is 0 Å². The first-order chi connectivity index (χ1) is 9.98. The van der Waals surface area contributed by atoms with E-state index in [0.29, 0.717) is 11.4 Å². The third-order valence-corrected chi connectivity index (χ3v) is 4.68. The van der Waals surface area contributed by atoms with Gasteiger partial charge in [-0.25, -0.2) is 18.4 Å². The number of nitrogens with two attached hydrogens (primary N) is 1. The van der Waals surface area contributed by atoms with Crippen LogP contribution in [0.25, 0.3) is 0 Å². The lowest BCUT2D eigenvalue weighted by molar-refractivity contribution is -0.115. The molecule has 0 unspecified atom stereocenters. The number of sulfonamides is 1. The van der Waals surface area contributed by atoms with Gasteiger partial charge in [0, 0.05) is 0 Å². The van der Waals surface area contributed by atoms with Crippen LogP contribution in [0.15, 0.2) is 41.6 Å². The molecule has 0 atom stereocenters. The maximum atomic E-state index is 12.6. The summed E-state index contributed by atoms with van der Waals surface area (Å²) in [5.74, 6) is -0.431. The van der Waals surface area contributed by atoms with Crippen LogP contribution in [0.3, 0.4) is 0 Å². The Labute approximate surface area is 120 Å². The molecule has 2 heterocycles. The largest absolute Gasteiger partial charge is 0.368 e. The van der Waals surface area contributed by atoms with Crippen molar-refractivity contribution >= 4 is 33.3 Å². The molecule has 9 heteroatoms. The molecule has 1 aromatic heterocycles. The van der Waals surface area contributed by atoms with Crippen LogP contribution in [0, 0.1) is 0 Å². The number of anilines is 3. The molecule has 0 radical (unpaired) electrons. The van der Waals surface area contributed by atoms with Crippen molar-refractivity contribution < 1.29 is 13.2 Å². The fourth-order valence-electron chi connectivity index (χ4n) is 2.00. The molecule has 8 nitrogen and oxygen atoms in total. The third-order valence-electron chi connectivity index (χ3n) is 2.97. The molecule has 0 spiro atoms. The monoisotopic (exact) mass is 305 g/mol. The van der Waals surface area contributed by atoms with Gasteiger partial charge in [0.15, 0.2) is 0 Å². The van der Waals surface area contributed by atoms with E-state index < -0.39 is 15.9 Å². The van der Waals surface area contributed by atoms with Crippen LogP contribution in [0.4, 0.5) is 17.3 Å². The summed E-state index contributed by atoms with van der Waals surface area (Å²) < 4.78 is 26.3. The number of carbonyl (C=O) groups is 1. The summed E-state index contributed by atoms with van der Waals surface area (Å²) >= 11 is 0. The number of hydrogen-bond acceptors (Lipinski definition) is 6. The standard InChI is InChI=1S/C12H11N5O3S/c13-12-14-5-8(6-15-12)21(19,20)17-7-11(18)16-9-3-1-2-4-10(9)17/h1-6H,7H2,(H,16,18)(H2,13,14,15). The van der Waals surface area contributed by atoms with Gasteiger partial charge in [0.2, 0.25) is 11.9 Å². The van der Waals surface area contributed by atoms with Gasteiger partial charge in [-0.3, -0.25) is 9.10 Å². The minimum atomic E-state index is -3.93. The Morgan fingerprint density at radius 2 is 1.86 bits per heavy atom. The van der Waals surface area contributed by atoms with Crippen LogP contribution >= 0.6 is 0 Å². The highest BCUT2D eigenvalue weighted by Crippen LogP contribution is 2.32. The van der Waals surface area contributed by atoms with Crippen molar-refractivity contribution in [2.45, 2.75) is 4.90 Å². The van der Waals surface area contributed by atoms with E-state index in [-0.39, 0.29) is 17.4 Å². The summed E-state index contributed by atoms with van der Waals surface area (Å²) in [7, 11) is -3.93. The molecule has 1 aliphatic heterocycles. The maximum Gasteiger partial charge on any atom is 0.267 e. The first kappa shape index (κ1) is 13.3. The number of nitrogen functional groups attached to an aromatic ring is 1. The lowest BCUT2D eigenvalue weighted by Crippen LogP contribution is -2.42. The minimum absolute atomic E-state index is 0.0225. The van der Waals surface area contributed by atoms with Gasteiger partial charge >= 0.3 is 0 Å².